The average molecular weight is 263 g/mol. The molecule has 5 nitrogen and oxygen atoms in total. The van der Waals surface area contributed by atoms with Gasteiger partial charge in [-0.15, -0.1) is 0 Å². The minimum Gasteiger partial charge on any atom is -0.505 e. The fourth-order valence-electron chi connectivity index (χ4n) is 2.72. The second kappa shape index (κ2) is 6.02. The Labute approximate surface area is 113 Å². The highest BCUT2D eigenvalue weighted by Gasteiger charge is 2.31. The first kappa shape index (κ1) is 13.8. The lowest BCUT2D eigenvalue weighted by atomic mass is 9.88. The predicted molar refractivity (Wildman–Crippen MR) is 72.8 cm³/mol. The van der Waals surface area contributed by atoms with Crippen LogP contribution in [-0.4, -0.2) is 40.0 Å². The van der Waals surface area contributed by atoms with Crippen LogP contribution in [0.25, 0.3) is 0 Å². The summed E-state index contributed by atoms with van der Waals surface area (Å²) in [6, 6.07) is 1.62. The maximum Gasteiger partial charge on any atom is 0.258 e. The topological polar surface area (TPSA) is 79.5 Å². The summed E-state index contributed by atoms with van der Waals surface area (Å²) in [5.41, 5.74) is 6.10. The summed E-state index contributed by atoms with van der Waals surface area (Å²) in [5.74, 6) is 0.425. The van der Waals surface area contributed by atoms with Gasteiger partial charge >= 0.3 is 0 Å². The number of carbonyl (C=O) groups excluding carboxylic acids is 1. The van der Waals surface area contributed by atoms with E-state index >= 15 is 0 Å². The number of aromatic hydroxyl groups is 1. The molecule has 1 saturated heterocycles. The second-order valence-corrected chi connectivity index (χ2v) is 5.08. The molecule has 2 rings (SSSR count). The lowest BCUT2D eigenvalue weighted by Gasteiger charge is -2.39. The first-order valence-electron chi connectivity index (χ1n) is 6.81. The van der Waals surface area contributed by atoms with Gasteiger partial charge in [-0.1, -0.05) is 13.3 Å². The van der Waals surface area contributed by atoms with Gasteiger partial charge in [0.05, 0.1) is 11.8 Å². The third-order valence-corrected chi connectivity index (χ3v) is 3.97. The fourth-order valence-corrected chi connectivity index (χ4v) is 2.72. The van der Waals surface area contributed by atoms with Gasteiger partial charge in [-0.05, 0) is 24.8 Å². The first-order chi connectivity index (χ1) is 9.17. The van der Waals surface area contributed by atoms with Crippen molar-refractivity contribution in [2.75, 3.05) is 13.1 Å². The molecule has 0 radical (unpaired) electrons. The number of nitrogens with two attached hydrogens (primary N) is 1. The van der Waals surface area contributed by atoms with Crippen molar-refractivity contribution in [3.8, 4) is 5.75 Å². The molecule has 0 spiro atoms. The summed E-state index contributed by atoms with van der Waals surface area (Å²) in [4.78, 5) is 18.1. The molecule has 1 amide bonds. The Morgan fingerprint density at radius 3 is 3.05 bits per heavy atom. The van der Waals surface area contributed by atoms with Crippen molar-refractivity contribution in [1.29, 1.82) is 0 Å². The van der Waals surface area contributed by atoms with Gasteiger partial charge in [0, 0.05) is 25.3 Å². The van der Waals surface area contributed by atoms with Crippen molar-refractivity contribution in [2.45, 2.75) is 32.2 Å². The van der Waals surface area contributed by atoms with E-state index < -0.39 is 0 Å². The van der Waals surface area contributed by atoms with Crippen LogP contribution in [0.5, 0.6) is 5.75 Å². The number of hydrogen-bond donors (Lipinski definition) is 2. The van der Waals surface area contributed by atoms with Crippen molar-refractivity contribution in [3.05, 3.63) is 24.0 Å². The van der Waals surface area contributed by atoms with Gasteiger partial charge < -0.3 is 15.7 Å². The Hall–Kier alpha value is -1.62. The van der Waals surface area contributed by atoms with E-state index in [2.05, 4.69) is 11.9 Å². The molecule has 0 saturated carbocycles. The Kier molecular flexibility index (Phi) is 4.37. The zero-order valence-electron chi connectivity index (χ0n) is 11.2. The highest BCUT2D eigenvalue weighted by molar-refractivity contribution is 5.96. The predicted octanol–water partition coefficient (Wildman–Crippen LogP) is 1.38. The smallest absolute Gasteiger partial charge is 0.258 e. The normalized spacial score (nSPS) is 23.4. The number of amides is 1. The number of nitrogens with zero attached hydrogens (tertiary/aromatic N) is 2. The zero-order valence-corrected chi connectivity index (χ0v) is 11.2. The minimum atomic E-state index is -0.148. The second-order valence-electron chi connectivity index (χ2n) is 5.08. The van der Waals surface area contributed by atoms with E-state index in [4.69, 9.17) is 5.73 Å². The van der Waals surface area contributed by atoms with Crippen LogP contribution in [0.3, 0.4) is 0 Å². The molecule has 0 aromatic carbocycles. The summed E-state index contributed by atoms with van der Waals surface area (Å²) in [6.45, 7) is 3.35. The lowest BCUT2D eigenvalue weighted by molar-refractivity contribution is 0.0555. The Balaban J connectivity index is 2.17. The van der Waals surface area contributed by atoms with Crippen LogP contribution in [-0.2, 0) is 0 Å². The number of likely N-dealkylation sites (tertiary alicyclic amines) is 1. The molecule has 1 aromatic heterocycles. The molecule has 2 unspecified atom stereocenters. The third kappa shape index (κ3) is 2.87. The van der Waals surface area contributed by atoms with Crippen molar-refractivity contribution in [2.24, 2.45) is 11.7 Å². The standard InChI is InChI=1S/C14H21N3O2/c1-2-10-4-6-17(11(7-10)8-15)14(19)12-3-5-16-9-13(12)18/h3,5,9-11,18H,2,4,6-8,15H2,1H3. The number of aromatic nitrogens is 1. The van der Waals surface area contributed by atoms with E-state index in [1.54, 1.807) is 11.0 Å². The van der Waals surface area contributed by atoms with Gasteiger partial charge in [-0.3, -0.25) is 9.78 Å². The maximum atomic E-state index is 12.5. The van der Waals surface area contributed by atoms with Crippen LogP contribution in [0.4, 0.5) is 0 Å². The molecule has 5 heteroatoms. The van der Waals surface area contributed by atoms with Crippen LogP contribution in [0.2, 0.25) is 0 Å². The number of hydrogen-bond acceptors (Lipinski definition) is 4. The number of pyridine rings is 1. The molecule has 1 aromatic rings. The molecular formula is C14H21N3O2. The summed E-state index contributed by atoms with van der Waals surface area (Å²) in [6.07, 6.45) is 5.89. The quantitative estimate of drug-likeness (QED) is 0.863. The fraction of sp³-hybridized carbons (Fsp3) is 0.571. The maximum absolute atomic E-state index is 12.5. The van der Waals surface area contributed by atoms with Crippen LogP contribution in [0.15, 0.2) is 18.5 Å². The molecule has 0 bridgehead atoms. The molecule has 2 atom stereocenters. The molecule has 104 valence electrons. The van der Waals surface area contributed by atoms with Crippen LogP contribution >= 0.6 is 0 Å². The number of carbonyl (C=O) groups is 1. The molecule has 19 heavy (non-hydrogen) atoms. The monoisotopic (exact) mass is 263 g/mol. The van der Waals surface area contributed by atoms with Gasteiger partial charge in [0.1, 0.15) is 5.75 Å². The van der Waals surface area contributed by atoms with Crippen molar-refractivity contribution in [1.82, 2.24) is 9.88 Å². The van der Waals surface area contributed by atoms with Gasteiger partial charge in [-0.2, -0.15) is 0 Å². The van der Waals surface area contributed by atoms with E-state index in [9.17, 15) is 9.90 Å². The molecule has 3 N–H and O–H groups in total. The molecule has 1 fully saturated rings. The highest BCUT2D eigenvalue weighted by atomic mass is 16.3. The van der Waals surface area contributed by atoms with Crippen molar-refractivity contribution in [3.63, 3.8) is 0 Å². The van der Waals surface area contributed by atoms with E-state index in [1.807, 2.05) is 0 Å². The summed E-state index contributed by atoms with van der Waals surface area (Å²) in [5, 5.41) is 9.73. The van der Waals surface area contributed by atoms with Gasteiger partial charge in [-0.25, -0.2) is 0 Å². The Morgan fingerprint density at radius 2 is 2.42 bits per heavy atom. The van der Waals surface area contributed by atoms with Crippen LogP contribution in [0.1, 0.15) is 36.5 Å². The molecule has 1 aliphatic heterocycles. The average Bonchev–Trinajstić information content (AvgIpc) is 2.46. The summed E-state index contributed by atoms with van der Waals surface area (Å²) >= 11 is 0. The molecule has 0 aliphatic carbocycles. The molecule has 2 heterocycles. The molecule has 1 aliphatic rings. The van der Waals surface area contributed by atoms with Gasteiger partial charge in [0.15, 0.2) is 0 Å². The Bertz CT molecular complexity index is 450. The van der Waals surface area contributed by atoms with Crippen molar-refractivity contribution >= 4 is 5.91 Å². The van der Waals surface area contributed by atoms with E-state index in [1.165, 1.54) is 12.4 Å². The third-order valence-electron chi connectivity index (χ3n) is 3.97. The van der Waals surface area contributed by atoms with E-state index in [0.29, 0.717) is 24.6 Å². The number of piperidine rings is 1. The summed E-state index contributed by atoms with van der Waals surface area (Å²) < 4.78 is 0. The van der Waals surface area contributed by atoms with Crippen LogP contribution < -0.4 is 5.73 Å². The van der Waals surface area contributed by atoms with Crippen LogP contribution in [0, 0.1) is 5.92 Å². The first-order valence-corrected chi connectivity index (χ1v) is 6.81. The molecular weight excluding hydrogens is 242 g/mol. The van der Waals surface area contributed by atoms with E-state index in [-0.39, 0.29) is 17.7 Å². The Morgan fingerprint density at radius 1 is 1.63 bits per heavy atom. The zero-order chi connectivity index (χ0) is 13.8. The lowest BCUT2D eigenvalue weighted by Crippen LogP contribution is -2.49. The summed E-state index contributed by atoms with van der Waals surface area (Å²) in [7, 11) is 0. The number of rotatable bonds is 3. The van der Waals surface area contributed by atoms with E-state index in [0.717, 1.165) is 19.3 Å². The minimum absolute atomic E-state index is 0.0683. The highest BCUT2D eigenvalue weighted by Crippen LogP contribution is 2.27. The largest absolute Gasteiger partial charge is 0.505 e. The SMILES string of the molecule is CCC1CCN(C(=O)c2ccncc2O)C(CN)C1. The van der Waals surface area contributed by atoms with Gasteiger partial charge in [0.2, 0.25) is 0 Å². The van der Waals surface area contributed by atoms with Crippen molar-refractivity contribution < 1.29 is 9.90 Å². The van der Waals surface area contributed by atoms with Gasteiger partial charge in [0.25, 0.3) is 5.91 Å².